The van der Waals surface area contributed by atoms with Gasteiger partial charge < -0.3 is 14.6 Å². The van der Waals surface area contributed by atoms with Crippen molar-refractivity contribution in [3.05, 3.63) is 75.0 Å². The molecule has 3 aromatic heterocycles. The molecule has 40 heavy (non-hydrogen) atoms. The molecule has 7 rings (SSSR count). The lowest BCUT2D eigenvalue weighted by molar-refractivity contribution is 0.0776. The number of aromatic nitrogens is 3. The predicted octanol–water partition coefficient (Wildman–Crippen LogP) is 5.62. The Bertz CT molecular complexity index is 1680. The lowest BCUT2D eigenvalue weighted by Crippen LogP contribution is -2.27. The summed E-state index contributed by atoms with van der Waals surface area (Å²) in [5, 5.41) is 11.4. The van der Waals surface area contributed by atoms with Crippen molar-refractivity contribution in [1.29, 1.82) is 0 Å². The highest BCUT2D eigenvalue weighted by Gasteiger charge is 2.44. The van der Waals surface area contributed by atoms with E-state index in [4.69, 9.17) is 9.40 Å². The van der Waals surface area contributed by atoms with Crippen molar-refractivity contribution >= 4 is 23.2 Å². The number of amides is 2. The van der Waals surface area contributed by atoms with Gasteiger partial charge in [0.05, 0.1) is 33.4 Å². The van der Waals surface area contributed by atoms with E-state index in [9.17, 15) is 14.0 Å². The third kappa shape index (κ3) is 3.96. The van der Waals surface area contributed by atoms with Crippen molar-refractivity contribution in [3.63, 3.8) is 0 Å². The van der Waals surface area contributed by atoms with E-state index in [1.807, 2.05) is 24.0 Å². The minimum absolute atomic E-state index is 0.0180. The molecule has 3 aliphatic rings. The summed E-state index contributed by atoms with van der Waals surface area (Å²) in [7, 11) is 0. The van der Waals surface area contributed by atoms with Gasteiger partial charge in [-0.25, -0.2) is 4.39 Å². The summed E-state index contributed by atoms with van der Waals surface area (Å²) in [6.07, 6.45) is 4.17. The van der Waals surface area contributed by atoms with Gasteiger partial charge in [0, 0.05) is 36.4 Å². The van der Waals surface area contributed by atoms with E-state index in [-0.39, 0.29) is 29.6 Å². The van der Waals surface area contributed by atoms with Crippen LogP contribution in [-0.4, -0.2) is 45.0 Å². The second kappa shape index (κ2) is 9.62. The van der Waals surface area contributed by atoms with Gasteiger partial charge in [-0.2, -0.15) is 0 Å². The molecule has 0 spiro atoms. The summed E-state index contributed by atoms with van der Waals surface area (Å²) < 4.78 is 19.5. The van der Waals surface area contributed by atoms with Crippen LogP contribution in [0.1, 0.15) is 86.6 Å². The molecule has 2 amide bonds. The van der Waals surface area contributed by atoms with Gasteiger partial charge in [0.15, 0.2) is 0 Å². The van der Waals surface area contributed by atoms with Crippen molar-refractivity contribution in [2.24, 2.45) is 0 Å². The lowest BCUT2D eigenvalue weighted by Gasteiger charge is -2.15. The van der Waals surface area contributed by atoms with Gasteiger partial charge in [-0.05, 0) is 67.5 Å². The summed E-state index contributed by atoms with van der Waals surface area (Å²) in [6.45, 7) is 4.95. The van der Waals surface area contributed by atoms with Crippen LogP contribution in [0.3, 0.4) is 0 Å². The average molecular weight is 558 g/mol. The van der Waals surface area contributed by atoms with E-state index >= 15 is 0 Å². The third-order valence-corrected chi connectivity index (χ3v) is 9.41. The molecule has 1 saturated heterocycles. The van der Waals surface area contributed by atoms with Crippen molar-refractivity contribution in [3.8, 4) is 21.9 Å². The number of thiophene rings is 1. The maximum atomic E-state index is 13.7. The number of nitrogens with zero attached hydrogens (tertiary/aromatic N) is 4. The zero-order valence-corrected chi connectivity index (χ0v) is 23.1. The number of pyridine rings is 1. The molecule has 2 aliphatic heterocycles. The zero-order chi connectivity index (χ0) is 27.5. The molecule has 5 heterocycles. The Hall–Kier alpha value is -3.92. The molecule has 0 saturated carbocycles. The Balaban J connectivity index is 1.25. The number of rotatable bonds is 6. The second-order valence-corrected chi connectivity index (χ2v) is 11.7. The minimum Gasteiger partial charge on any atom is -0.421 e. The van der Waals surface area contributed by atoms with Gasteiger partial charge in [-0.15, -0.1) is 21.5 Å². The molecular weight excluding hydrogens is 529 g/mol. The first-order valence-corrected chi connectivity index (χ1v) is 14.6. The molecule has 10 heteroatoms. The SMILES string of the molecule is CCc1nc2c(c(-c3ccc(C(=O)NC[C@@H]4CCc5cc(F)ccc54)s3)c1-c1nnc(C)o1)C(=O)N1CCC[C@@H]21. The molecule has 4 aromatic rings. The summed E-state index contributed by atoms with van der Waals surface area (Å²) >= 11 is 1.35. The van der Waals surface area contributed by atoms with Gasteiger partial charge in [0.1, 0.15) is 5.82 Å². The average Bonchev–Trinajstić information content (AvgIpc) is 3.77. The first-order valence-electron chi connectivity index (χ1n) is 13.8. The molecule has 0 unspecified atom stereocenters. The molecule has 1 aromatic carbocycles. The Labute approximate surface area is 234 Å². The minimum atomic E-state index is -0.225. The number of benzene rings is 1. The molecule has 1 fully saturated rings. The lowest BCUT2D eigenvalue weighted by atomic mass is 9.94. The fraction of sp³-hybridized carbons (Fsp3) is 0.367. The Morgan fingerprint density at radius 2 is 2.05 bits per heavy atom. The largest absolute Gasteiger partial charge is 0.421 e. The van der Waals surface area contributed by atoms with E-state index in [0.29, 0.717) is 47.3 Å². The number of hydrogen-bond acceptors (Lipinski definition) is 7. The number of hydrogen-bond donors (Lipinski definition) is 1. The van der Waals surface area contributed by atoms with Gasteiger partial charge in [0.2, 0.25) is 11.8 Å². The van der Waals surface area contributed by atoms with E-state index < -0.39 is 0 Å². The Morgan fingerprint density at radius 1 is 1.18 bits per heavy atom. The van der Waals surface area contributed by atoms with Crippen LogP contribution in [0.5, 0.6) is 0 Å². The van der Waals surface area contributed by atoms with Crippen LogP contribution in [0.4, 0.5) is 4.39 Å². The van der Waals surface area contributed by atoms with Crippen molar-refractivity contribution in [1.82, 2.24) is 25.4 Å². The highest BCUT2D eigenvalue weighted by atomic mass is 32.1. The van der Waals surface area contributed by atoms with Crippen molar-refractivity contribution in [2.45, 2.75) is 57.9 Å². The van der Waals surface area contributed by atoms with Crippen LogP contribution in [-0.2, 0) is 12.8 Å². The number of nitrogens with one attached hydrogen (secondary N) is 1. The van der Waals surface area contributed by atoms with Gasteiger partial charge in [-0.1, -0.05) is 13.0 Å². The monoisotopic (exact) mass is 557 g/mol. The van der Waals surface area contributed by atoms with Crippen LogP contribution in [0.15, 0.2) is 34.7 Å². The summed E-state index contributed by atoms with van der Waals surface area (Å²) in [6, 6.07) is 8.58. The highest BCUT2D eigenvalue weighted by molar-refractivity contribution is 7.17. The van der Waals surface area contributed by atoms with E-state index in [1.54, 1.807) is 19.1 Å². The normalized spacial score (nSPS) is 19.2. The molecule has 8 nitrogen and oxygen atoms in total. The first-order chi connectivity index (χ1) is 19.4. The van der Waals surface area contributed by atoms with Gasteiger partial charge >= 0.3 is 0 Å². The first kappa shape index (κ1) is 25.1. The molecule has 0 radical (unpaired) electrons. The number of fused-ring (bicyclic) bond motifs is 4. The van der Waals surface area contributed by atoms with E-state index in [0.717, 1.165) is 58.6 Å². The number of carbonyl (C=O) groups excluding carboxylic acids is 2. The second-order valence-electron chi connectivity index (χ2n) is 10.7. The quantitative estimate of drug-likeness (QED) is 0.330. The molecule has 0 bridgehead atoms. The van der Waals surface area contributed by atoms with Crippen molar-refractivity contribution < 1.29 is 18.4 Å². The van der Waals surface area contributed by atoms with Crippen LogP contribution in [0.25, 0.3) is 21.9 Å². The molecule has 204 valence electrons. The smallest absolute Gasteiger partial charge is 0.261 e. The number of halogens is 1. The maximum absolute atomic E-state index is 13.7. The third-order valence-electron chi connectivity index (χ3n) is 8.31. The van der Waals surface area contributed by atoms with Crippen LogP contribution in [0, 0.1) is 12.7 Å². The Kier molecular flexibility index (Phi) is 6.03. The standard InChI is InChI=1S/C30H28FN5O3S/c1-3-20-24(29-35-34-15(2)39-29)25(26-27(33-20)21-5-4-12-36(21)30(26)38)22-10-11-23(40-22)28(37)32-14-17-7-6-16-13-18(31)8-9-19(16)17/h8-11,13,17,21H,3-7,12,14H2,1-2H3,(H,32,37)/t17-,21-/m0/s1. The summed E-state index contributed by atoms with van der Waals surface area (Å²) in [4.78, 5) is 35.2. The fourth-order valence-corrected chi connectivity index (χ4v) is 7.44. The van der Waals surface area contributed by atoms with Crippen LogP contribution >= 0.6 is 11.3 Å². The van der Waals surface area contributed by atoms with Crippen molar-refractivity contribution in [2.75, 3.05) is 13.1 Å². The maximum Gasteiger partial charge on any atom is 0.261 e. The highest BCUT2D eigenvalue weighted by Crippen LogP contribution is 2.49. The van der Waals surface area contributed by atoms with Gasteiger partial charge in [-0.3, -0.25) is 14.6 Å². The van der Waals surface area contributed by atoms with E-state index in [2.05, 4.69) is 15.5 Å². The summed E-state index contributed by atoms with van der Waals surface area (Å²) in [5.74, 6) is 0.491. The van der Waals surface area contributed by atoms with Crippen LogP contribution < -0.4 is 5.32 Å². The van der Waals surface area contributed by atoms with Crippen LogP contribution in [0.2, 0.25) is 0 Å². The molecule has 1 N–H and O–H groups in total. The molecule has 1 aliphatic carbocycles. The van der Waals surface area contributed by atoms with Gasteiger partial charge in [0.25, 0.3) is 11.8 Å². The number of aryl methyl sites for hydroxylation is 3. The van der Waals surface area contributed by atoms with E-state index in [1.165, 1.54) is 17.4 Å². The topological polar surface area (TPSA) is 101 Å². The summed E-state index contributed by atoms with van der Waals surface area (Å²) in [5.41, 5.74) is 5.70. The predicted molar refractivity (Wildman–Crippen MR) is 148 cm³/mol. The Morgan fingerprint density at radius 3 is 2.85 bits per heavy atom. The number of carbonyl (C=O) groups is 2. The zero-order valence-electron chi connectivity index (χ0n) is 22.3. The molecule has 2 atom stereocenters. The molecular formula is C30H28FN5O3S. The fourth-order valence-electron chi connectivity index (χ4n) is 6.46.